The Kier molecular flexibility index (Phi) is 2.55. The molecule has 0 fully saturated rings. The molecule has 1 heteroatoms. The molecule has 2 aliphatic rings. The fraction of sp³-hybridized carbons (Fsp3) is 0.0667. The first-order valence-corrected chi connectivity index (χ1v) is 6.36. The Balaban J connectivity index is 2.40. The van der Waals surface area contributed by atoms with Crippen LogP contribution in [0.15, 0.2) is 60.1 Å². The van der Waals surface area contributed by atoms with Gasteiger partial charge in [-0.15, -0.1) is 11.8 Å². The fourth-order valence-corrected chi connectivity index (χ4v) is 2.93. The van der Waals surface area contributed by atoms with Crippen LogP contribution in [0.25, 0.3) is 11.6 Å². The standard InChI is InChI=1S/C15H12S/c1-2-8-13-12(6-1)7-5-11-16-15-10-4-3-9-14(13)15/h1-11,15H/b11-5-,12-7-,14-13-. The van der Waals surface area contributed by atoms with E-state index in [4.69, 9.17) is 0 Å². The van der Waals surface area contributed by atoms with Gasteiger partial charge in [0, 0.05) is 0 Å². The van der Waals surface area contributed by atoms with E-state index in [0.717, 1.165) is 0 Å². The Morgan fingerprint density at radius 1 is 1.00 bits per heavy atom. The highest BCUT2D eigenvalue weighted by molar-refractivity contribution is 8.03. The van der Waals surface area contributed by atoms with Gasteiger partial charge in [0.1, 0.15) is 0 Å². The molecular formula is C15H12S. The lowest BCUT2D eigenvalue weighted by Gasteiger charge is -2.16. The van der Waals surface area contributed by atoms with E-state index in [1.807, 2.05) is 11.8 Å². The van der Waals surface area contributed by atoms with Crippen molar-refractivity contribution in [2.75, 3.05) is 0 Å². The van der Waals surface area contributed by atoms with Gasteiger partial charge in [-0.3, -0.25) is 0 Å². The van der Waals surface area contributed by atoms with Crippen molar-refractivity contribution in [2.24, 2.45) is 0 Å². The highest BCUT2D eigenvalue weighted by Crippen LogP contribution is 2.26. The summed E-state index contributed by atoms with van der Waals surface area (Å²) in [5.41, 5.74) is 1.41. The van der Waals surface area contributed by atoms with E-state index >= 15 is 0 Å². The van der Waals surface area contributed by atoms with Crippen molar-refractivity contribution < 1.29 is 0 Å². The second kappa shape index (κ2) is 4.18. The van der Waals surface area contributed by atoms with Gasteiger partial charge in [0.15, 0.2) is 0 Å². The van der Waals surface area contributed by atoms with Gasteiger partial charge >= 0.3 is 0 Å². The van der Waals surface area contributed by atoms with Crippen LogP contribution in [0.1, 0.15) is 0 Å². The van der Waals surface area contributed by atoms with Crippen LogP contribution in [0, 0.1) is 0 Å². The molecule has 1 aliphatic heterocycles. The average Bonchev–Trinajstić information content (AvgIpc) is 2.33. The van der Waals surface area contributed by atoms with Crippen LogP contribution in [-0.2, 0) is 0 Å². The van der Waals surface area contributed by atoms with E-state index in [1.54, 1.807) is 0 Å². The molecule has 78 valence electrons. The average molecular weight is 224 g/mol. The van der Waals surface area contributed by atoms with Crippen molar-refractivity contribution in [3.63, 3.8) is 0 Å². The summed E-state index contributed by atoms with van der Waals surface area (Å²) in [6.45, 7) is 0. The van der Waals surface area contributed by atoms with Crippen molar-refractivity contribution in [2.45, 2.75) is 5.25 Å². The number of benzene rings is 1. The van der Waals surface area contributed by atoms with Gasteiger partial charge in [-0.05, 0) is 21.4 Å². The Morgan fingerprint density at radius 3 is 2.94 bits per heavy atom. The number of thioether (sulfide) groups is 1. The van der Waals surface area contributed by atoms with Crippen molar-refractivity contribution in [3.05, 3.63) is 70.5 Å². The molecule has 1 unspecified atom stereocenters. The first-order chi connectivity index (χ1) is 7.95. The smallest absolute Gasteiger partial charge is 0.0527 e. The highest BCUT2D eigenvalue weighted by atomic mass is 32.2. The second-order valence-electron chi connectivity index (χ2n) is 3.84. The minimum atomic E-state index is 0.455. The zero-order chi connectivity index (χ0) is 10.8. The van der Waals surface area contributed by atoms with E-state index in [0.29, 0.717) is 5.25 Å². The first kappa shape index (κ1) is 9.73. The summed E-state index contributed by atoms with van der Waals surface area (Å²) in [5.74, 6) is 0. The van der Waals surface area contributed by atoms with Crippen LogP contribution in [-0.4, -0.2) is 5.25 Å². The first-order valence-electron chi connectivity index (χ1n) is 5.41. The SMILES string of the molecule is C1=C\C2=c3/cccc/c3=C/C=C\SC2C=C1. The summed E-state index contributed by atoms with van der Waals surface area (Å²) < 4.78 is 0. The molecule has 0 saturated carbocycles. The predicted molar refractivity (Wildman–Crippen MR) is 72.4 cm³/mol. The lowest BCUT2D eigenvalue weighted by atomic mass is 10.0. The highest BCUT2D eigenvalue weighted by Gasteiger charge is 2.12. The third-order valence-corrected chi connectivity index (χ3v) is 3.85. The molecule has 3 rings (SSSR count). The molecule has 1 heterocycles. The van der Waals surface area contributed by atoms with Crippen molar-refractivity contribution >= 4 is 23.4 Å². The number of hydrogen-bond acceptors (Lipinski definition) is 1. The maximum absolute atomic E-state index is 2.26. The van der Waals surface area contributed by atoms with E-state index in [-0.39, 0.29) is 0 Å². The van der Waals surface area contributed by atoms with Gasteiger partial charge in [-0.1, -0.05) is 60.7 Å². The van der Waals surface area contributed by atoms with Gasteiger partial charge < -0.3 is 0 Å². The Morgan fingerprint density at radius 2 is 1.94 bits per heavy atom. The minimum absolute atomic E-state index is 0.455. The van der Waals surface area contributed by atoms with E-state index in [1.165, 1.54) is 16.0 Å². The second-order valence-corrected chi connectivity index (χ2v) is 4.89. The number of fused-ring (bicyclic) bond motifs is 2. The number of allylic oxidation sites excluding steroid dienone is 4. The maximum Gasteiger partial charge on any atom is 0.0527 e. The van der Waals surface area contributed by atoms with Gasteiger partial charge in [-0.2, -0.15) is 0 Å². The number of rotatable bonds is 0. The van der Waals surface area contributed by atoms with Gasteiger partial charge in [0.2, 0.25) is 0 Å². The summed E-state index contributed by atoms with van der Waals surface area (Å²) in [7, 11) is 0. The number of hydrogen-bond donors (Lipinski definition) is 0. The van der Waals surface area contributed by atoms with Crippen LogP contribution in [0.4, 0.5) is 0 Å². The topological polar surface area (TPSA) is 0 Å². The summed E-state index contributed by atoms with van der Waals surface area (Å²) >= 11 is 1.86. The molecule has 1 aromatic carbocycles. The van der Waals surface area contributed by atoms with E-state index in [9.17, 15) is 0 Å². The van der Waals surface area contributed by atoms with Crippen LogP contribution in [0.2, 0.25) is 0 Å². The summed E-state index contributed by atoms with van der Waals surface area (Å²) in [6.07, 6.45) is 13.0. The lowest BCUT2D eigenvalue weighted by Crippen LogP contribution is -2.29. The normalized spacial score (nSPS) is 29.2. The molecule has 1 aromatic rings. The largest absolute Gasteiger partial charge is 0.122 e. The quantitative estimate of drug-likeness (QED) is 0.652. The summed E-state index contributed by atoms with van der Waals surface area (Å²) in [5, 5.41) is 5.28. The molecule has 0 radical (unpaired) electrons. The van der Waals surface area contributed by atoms with Crippen LogP contribution >= 0.6 is 11.8 Å². The van der Waals surface area contributed by atoms with Crippen LogP contribution in [0.3, 0.4) is 0 Å². The molecule has 1 atom stereocenters. The van der Waals surface area contributed by atoms with Crippen LogP contribution in [0.5, 0.6) is 0 Å². The van der Waals surface area contributed by atoms with E-state index < -0.39 is 0 Å². The zero-order valence-corrected chi connectivity index (χ0v) is 9.65. The predicted octanol–water partition coefficient (Wildman–Crippen LogP) is 2.37. The fourth-order valence-electron chi connectivity index (χ4n) is 2.06. The molecule has 16 heavy (non-hydrogen) atoms. The third kappa shape index (κ3) is 1.68. The minimum Gasteiger partial charge on any atom is -0.122 e. The van der Waals surface area contributed by atoms with Gasteiger partial charge in [0.25, 0.3) is 0 Å². The molecule has 1 aliphatic carbocycles. The Hall–Kier alpha value is -1.47. The molecule has 0 spiro atoms. The Bertz CT molecular complexity index is 603. The molecule has 0 N–H and O–H groups in total. The zero-order valence-electron chi connectivity index (χ0n) is 8.84. The molecular weight excluding hydrogens is 212 g/mol. The molecule has 0 aromatic heterocycles. The molecule has 0 bridgehead atoms. The summed E-state index contributed by atoms with van der Waals surface area (Å²) in [6, 6.07) is 8.58. The van der Waals surface area contributed by atoms with E-state index in [2.05, 4.69) is 66.1 Å². The van der Waals surface area contributed by atoms with Crippen molar-refractivity contribution in [1.29, 1.82) is 0 Å². The van der Waals surface area contributed by atoms with Crippen molar-refractivity contribution in [3.8, 4) is 0 Å². The third-order valence-electron chi connectivity index (χ3n) is 2.83. The van der Waals surface area contributed by atoms with Gasteiger partial charge in [-0.25, -0.2) is 0 Å². The maximum atomic E-state index is 2.26. The monoisotopic (exact) mass is 224 g/mol. The molecule has 0 nitrogen and oxygen atoms in total. The van der Waals surface area contributed by atoms with Crippen LogP contribution < -0.4 is 10.4 Å². The molecule has 0 amide bonds. The van der Waals surface area contributed by atoms with Crippen molar-refractivity contribution in [1.82, 2.24) is 0 Å². The molecule has 0 saturated heterocycles. The van der Waals surface area contributed by atoms with Gasteiger partial charge in [0.05, 0.1) is 5.25 Å². The Labute approximate surface area is 99.4 Å². The summed E-state index contributed by atoms with van der Waals surface area (Å²) in [4.78, 5) is 0. The lowest BCUT2D eigenvalue weighted by molar-refractivity contribution is 1.36.